The van der Waals surface area contributed by atoms with Crippen molar-refractivity contribution in [2.24, 2.45) is 23.2 Å². The summed E-state index contributed by atoms with van der Waals surface area (Å²) in [5.41, 5.74) is 1.50. The first kappa shape index (κ1) is 16.3. The molecular formula is C22H28N2O2. The lowest BCUT2D eigenvalue weighted by atomic mass is 9.49. The average molecular weight is 352 g/mol. The lowest BCUT2D eigenvalue weighted by Crippen LogP contribution is -2.47. The molecule has 5 fully saturated rings. The summed E-state index contributed by atoms with van der Waals surface area (Å²) >= 11 is 0. The molecule has 1 N–H and O–H groups in total. The van der Waals surface area contributed by atoms with Gasteiger partial charge in [-0.3, -0.25) is 9.69 Å². The van der Waals surface area contributed by atoms with E-state index in [9.17, 15) is 9.59 Å². The Balaban J connectivity index is 1.23. The Morgan fingerprint density at radius 3 is 2.19 bits per heavy atom. The van der Waals surface area contributed by atoms with Crippen molar-refractivity contribution < 1.29 is 9.59 Å². The summed E-state index contributed by atoms with van der Waals surface area (Å²) in [7, 11) is 0. The molecule has 4 aliphatic carbocycles. The van der Waals surface area contributed by atoms with E-state index in [0.29, 0.717) is 18.4 Å². The predicted octanol–water partition coefficient (Wildman–Crippen LogP) is 3.76. The first-order valence-corrected chi connectivity index (χ1v) is 10.3. The quantitative estimate of drug-likeness (QED) is 0.821. The normalized spacial score (nSPS) is 38.1. The van der Waals surface area contributed by atoms with E-state index in [4.69, 9.17) is 0 Å². The molecule has 4 nitrogen and oxygen atoms in total. The van der Waals surface area contributed by atoms with Crippen LogP contribution in [0.2, 0.25) is 0 Å². The Bertz CT molecular complexity index is 679. The molecule has 1 atom stereocenters. The minimum Gasteiger partial charge on any atom is -0.325 e. The number of hydrogen-bond acceptors (Lipinski definition) is 2. The molecule has 0 spiro atoms. The van der Waals surface area contributed by atoms with Crippen LogP contribution in [0.15, 0.2) is 30.3 Å². The van der Waals surface area contributed by atoms with E-state index in [2.05, 4.69) is 5.32 Å². The predicted molar refractivity (Wildman–Crippen MR) is 99.4 cm³/mol. The number of rotatable bonds is 5. The molecule has 138 valence electrons. The summed E-state index contributed by atoms with van der Waals surface area (Å²) in [6, 6.07) is 9.34. The Morgan fingerprint density at radius 2 is 1.58 bits per heavy atom. The van der Waals surface area contributed by atoms with E-state index in [1.165, 1.54) is 43.4 Å². The lowest BCUT2D eigenvalue weighted by Gasteiger charge is -2.57. The molecule has 1 heterocycles. The Hall–Kier alpha value is -1.84. The summed E-state index contributed by atoms with van der Waals surface area (Å²) in [4.78, 5) is 26.7. The van der Waals surface area contributed by atoms with E-state index < -0.39 is 6.04 Å². The molecule has 26 heavy (non-hydrogen) atoms. The molecule has 6 rings (SSSR count). The highest BCUT2D eigenvalue weighted by molar-refractivity contribution is 6.04. The Labute approximate surface area is 155 Å². The van der Waals surface area contributed by atoms with Gasteiger partial charge >= 0.3 is 6.03 Å². The molecule has 4 bridgehead atoms. The summed E-state index contributed by atoms with van der Waals surface area (Å²) in [5.74, 6) is 2.70. The molecule has 1 aromatic rings. The number of carbonyl (C=O) groups excluding carboxylic acids is 2. The minimum atomic E-state index is -0.402. The van der Waals surface area contributed by atoms with Crippen molar-refractivity contribution in [2.45, 2.75) is 57.4 Å². The van der Waals surface area contributed by atoms with E-state index in [-0.39, 0.29) is 11.9 Å². The Kier molecular flexibility index (Phi) is 3.84. The van der Waals surface area contributed by atoms with Crippen LogP contribution in [0.1, 0.15) is 50.5 Å². The van der Waals surface area contributed by atoms with Crippen LogP contribution in [0.3, 0.4) is 0 Å². The van der Waals surface area contributed by atoms with Crippen LogP contribution in [0, 0.1) is 23.2 Å². The molecule has 4 saturated carbocycles. The van der Waals surface area contributed by atoms with Gasteiger partial charge in [-0.05, 0) is 73.7 Å². The number of amides is 3. The van der Waals surface area contributed by atoms with Crippen molar-refractivity contribution in [3.63, 3.8) is 0 Å². The summed E-state index contributed by atoms with van der Waals surface area (Å²) < 4.78 is 0. The van der Waals surface area contributed by atoms with Crippen molar-refractivity contribution in [3.05, 3.63) is 35.9 Å². The van der Waals surface area contributed by atoms with Gasteiger partial charge in [0.1, 0.15) is 6.04 Å². The molecule has 3 amide bonds. The van der Waals surface area contributed by atoms with Crippen LogP contribution in [-0.4, -0.2) is 29.4 Å². The maximum Gasteiger partial charge on any atom is 0.324 e. The molecule has 1 aromatic carbocycles. The van der Waals surface area contributed by atoms with Gasteiger partial charge in [-0.15, -0.1) is 0 Å². The zero-order chi connectivity index (χ0) is 17.7. The number of nitrogens with zero attached hydrogens (tertiary/aromatic N) is 1. The van der Waals surface area contributed by atoms with Crippen LogP contribution in [0.25, 0.3) is 0 Å². The second-order valence-electron chi connectivity index (χ2n) is 9.35. The van der Waals surface area contributed by atoms with Crippen LogP contribution in [0.5, 0.6) is 0 Å². The first-order chi connectivity index (χ1) is 12.6. The molecule has 1 saturated heterocycles. The molecule has 0 aromatic heterocycles. The first-order valence-electron chi connectivity index (χ1n) is 10.3. The van der Waals surface area contributed by atoms with Crippen LogP contribution >= 0.6 is 0 Å². The molecule has 4 heteroatoms. The van der Waals surface area contributed by atoms with Gasteiger partial charge in [-0.2, -0.15) is 0 Å². The number of carbonyl (C=O) groups is 2. The number of imide groups is 1. The van der Waals surface area contributed by atoms with Gasteiger partial charge in [-0.25, -0.2) is 4.79 Å². The van der Waals surface area contributed by atoms with Gasteiger partial charge in [0, 0.05) is 13.0 Å². The van der Waals surface area contributed by atoms with Crippen molar-refractivity contribution in [2.75, 3.05) is 6.54 Å². The van der Waals surface area contributed by atoms with Crippen molar-refractivity contribution in [1.29, 1.82) is 0 Å². The number of benzene rings is 1. The molecule has 1 unspecified atom stereocenters. The second-order valence-corrected chi connectivity index (χ2v) is 9.35. The highest BCUT2D eigenvalue weighted by Crippen LogP contribution is 2.61. The fourth-order valence-corrected chi connectivity index (χ4v) is 6.72. The van der Waals surface area contributed by atoms with E-state index in [0.717, 1.165) is 29.7 Å². The fraction of sp³-hybridized carbons (Fsp3) is 0.636. The van der Waals surface area contributed by atoms with E-state index in [1.807, 2.05) is 30.3 Å². The van der Waals surface area contributed by atoms with Crippen LogP contribution in [0.4, 0.5) is 4.79 Å². The van der Waals surface area contributed by atoms with Crippen LogP contribution < -0.4 is 5.32 Å². The fourth-order valence-electron chi connectivity index (χ4n) is 6.72. The van der Waals surface area contributed by atoms with Gasteiger partial charge in [-0.1, -0.05) is 30.3 Å². The highest BCUT2D eigenvalue weighted by Gasteiger charge is 2.51. The van der Waals surface area contributed by atoms with Gasteiger partial charge in [0.2, 0.25) is 0 Å². The Morgan fingerprint density at radius 1 is 0.962 bits per heavy atom. The summed E-state index contributed by atoms with van der Waals surface area (Å²) in [5, 5.41) is 2.90. The SMILES string of the molecule is O=C1NC(Cc2ccccc2)C(=O)N1CCC12CC3CC(CC(C3)C1)C2. The van der Waals surface area contributed by atoms with Crippen molar-refractivity contribution in [1.82, 2.24) is 10.2 Å². The van der Waals surface area contributed by atoms with Gasteiger partial charge in [0.05, 0.1) is 0 Å². The third kappa shape index (κ3) is 2.83. The lowest BCUT2D eigenvalue weighted by molar-refractivity contribution is -0.128. The largest absolute Gasteiger partial charge is 0.325 e. The standard InChI is InChI=1S/C22H28N2O2/c25-20-19(11-15-4-2-1-3-5-15)23-21(26)24(20)7-6-22-12-16-8-17(13-22)10-18(9-16)14-22/h1-5,16-19H,6-14H2,(H,23,26). The third-order valence-corrected chi connectivity index (χ3v) is 7.42. The third-order valence-electron chi connectivity index (χ3n) is 7.42. The monoisotopic (exact) mass is 352 g/mol. The maximum atomic E-state index is 12.8. The molecule has 5 aliphatic rings. The van der Waals surface area contributed by atoms with Crippen molar-refractivity contribution >= 4 is 11.9 Å². The zero-order valence-corrected chi connectivity index (χ0v) is 15.3. The second kappa shape index (κ2) is 6.11. The highest BCUT2D eigenvalue weighted by atomic mass is 16.2. The smallest absolute Gasteiger partial charge is 0.324 e. The zero-order valence-electron chi connectivity index (χ0n) is 15.3. The minimum absolute atomic E-state index is 0.0384. The van der Waals surface area contributed by atoms with Gasteiger partial charge in [0.15, 0.2) is 0 Å². The number of hydrogen-bond donors (Lipinski definition) is 1. The van der Waals surface area contributed by atoms with Gasteiger partial charge < -0.3 is 5.32 Å². The average Bonchev–Trinajstić information content (AvgIpc) is 2.86. The summed E-state index contributed by atoms with van der Waals surface area (Å²) in [6.07, 6.45) is 9.87. The van der Waals surface area contributed by atoms with Crippen molar-refractivity contribution in [3.8, 4) is 0 Å². The number of nitrogens with one attached hydrogen (secondary N) is 1. The molecule has 1 aliphatic heterocycles. The van der Waals surface area contributed by atoms with Crippen LogP contribution in [-0.2, 0) is 11.2 Å². The maximum absolute atomic E-state index is 12.8. The molecule has 0 radical (unpaired) electrons. The topological polar surface area (TPSA) is 49.4 Å². The number of urea groups is 1. The van der Waals surface area contributed by atoms with Gasteiger partial charge in [0.25, 0.3) is 5.91 Å². The molecular weight excluding hydrogens is 324 g/mol. The van der Waals surface area contributed by atoms with E-state index >= 15 is 0 Å². The summed E-state index contributed by atoms with van der Waals surface area (Å²) in [6.45, 7) is 0.599. The van der Waals surface area contributed by atoms with E-state index in [1.54, 1.807) is 0 Å².